The summed E-state index contributed by atoms with van der Waals surface area (Å²) >= 11 is 4.66. The monoisotopic (exact) mass is 263 g/mol. The fraction of sp³-hybridized carbons (Fsp3) is 0.625. The topological polar surface area (TPSA) is 46.1 Å². The summed E-state index contributed by atoms with van der Waals surface area (Å²) < 4.78 is 1.83. The van der Waals surface area contributed by atoms with Crippen LogP contribution in [0.1, 0.15) is 6.92 Å². The van der Waals surface area contributed by atoms with Crippen LogP contribution in [-0.4, -0.2) is 46.6 Å². The number of aromatic nitrogens is 2. The molecule has 1 rings (SSSR count). The lowest BCUT2D eigenvalue weighted by Crippen LogP contribution is -2.23. The fourth-order valence-electron chi connectivity index (χ4n) is 0.690. The normalized spacial score (nSPS) is 10.3. The van der Waals surface area contributed by atoms with Crippen molar-refractivity contribution in [2.24, 2.45) is 0 Å². The molecule has 0 saturated carbocycles. The molecular formula is C8H13N3OS3. The predicted octanol–water partition coefficient (Wildman–Crippen LogP) is 1.83. The first-order valence-electron chi connectivity index (χ1n) is 4.42. The van der Waals surface area contributed by atoms with Gasteiger partial charge in [-0.15, -0.1) is 10.2 Å². The van der Waals surface area contributed by atoms with Crippen molar-refractivity contribution in [3.8, 4) is 0 Å². The molecule has 0 atom stereocenters. The van der Waals surface area contributed by atoms with Crippen LogP contribution in [0.2, 0.25) is 0 Å². The highest BCUT2D eigenvalue weighted by Crippen LogP contribution is 2.28. The van der Waals surface area contributed by atoms with E-state index in [0.29, 0.717) is 5.75 Å². The number of thioether (sulfide) groups is 2. The van der Waals surface area contributed by atoms with Gasteiger partial charge in [0, 0.05) is 14.1 Å². The molecule has 0 aliphatic rings. The third kappa shape index (κ3) is 4.40. The van der Waals surface area contributed by atoms with Gasteiger partial charge in [0.05, 0.1) is 5.75 Å². The maximum absolute atomic E-state index is 11.3. The van der Waals surface area contributed by atoms with Crippen LogP contribution in [0, 0.1) is 0 Å². The molecule has 15 heavy (non-hydrogen) atoms. The lowest BCUT2D eigenvalue weighted by molar-refractivity contribution is -0.125. The zero-order valence-corrected chi connectivity index (χ0v) is 11.3. The first kappa shape index (κ1) is 12.8. The molecule has 1 amide bonds. The molecule has 0 aliphatic carbocycles. The molecule has 0 unspecified atom stereocenters. The second kappa shape index (κ2) is 6.34. The number of hydrogen-bond donors (Lipinski definition) is 0. The van der Waals surface area contributed by atoms with E-state index in [1.807, 2.05) is 0 Å². The zero-order chi connectivity index (χ0) is 11.3. The average Bonchev–Trinajstić information content (AvgIpc) is 2.62. The zero-order valence-electron chi connectivity index (χ0n) is 8.89. The standard InChI is InChI=1S/C8H13N3OS3/c1-4-13-7-9-10-8(15-7)14-5-6(12)11(2)3/h4-5H2,1-3H3. The Morgan fingerprint density at radius 1 is 1.33 bits per heavy atom. The molecule has 0 saturated heterocycles. The van der Waals surface area contributed by atoms with Gasteiger partial charge in [0.25, 0.3) is 0 Å². The Bertz CT molecular complexity index is 327. The van der Waals surface area contributed by atoms with E-state index in [9.17, 15) is 4.79 Å². The van der Waals surface area contributed by atoms with Crippen molar-refractivity contribution >= 4 is 40.8 Å². The molecule has 1 aromatic rings. The summed E-state index contributed by atoms with van der Waals surface area (Å²) in [6, 6.07) is 0. The van der Waals surface area contributed by atoms with Crippen molar-refractivity contribution in [2.75, 3.05) is 25.6 Å². The Balaban J connectivity index is 2.40. The molecule has 0 bridgehead atoms. The van der Waals surface area contributed by atoms with Gasteiger partial charge in [-0.25, -0.2) is 0 Å². The van der Waals surface area contributed by atoms with Gasteiger partial charge in [0.1, 0.15) is 0 Å². The number of hydrogen-bond acceptors (Lipinski definition) is 6. The summed E-state index contributed by atoms with van der Waals surface area (Å²) in [5, 5.41) is 8.02. The number of nitrogens with zero attached hydrogens (tertiary/aromatic N) is 3. The van der Waals surface area contributed by atoms with Crippen LogP contribution < -0.4 is 0 Å². The quantitative estimate of drug-likeness (QED) is 0.758. The van der Waals surface area contributed by atoms with E-state index in [-0.39, 0.29) is 5.91 Å². The summed E-state index contributed by atoms with van der Waals surface area (Å²) in [5.74, 6) is 1.52. The summed E-state index contributed by atoms with van der Waals surface area (Å²) in [6.45, 7) is 2.08. The summed E-state index contributed by atoms with van der Waals surface area (Å²) in [5.41, 5.74) is 0. The van der Waals surface area contributed by atoms with Crippen molar-refractivity contribution in [3.63, 3.8) is 0 Å². The molecule has 1 heterocycles. The van der Waals surface area contributed by atoms with Gasteiger partial charge in [-0.05, 0) is 5.75 Å². The van der Waals surface area contributed by atoms with Crippen LogP contribution >= 0.6 is 34.9 Å². The van der Waals surface area contributed by atoms with Gasteiger partial charge in [0.2, 0.25) is 5.91 Å². The largest absolute Gasteiger partial charge is 0.348 e. The van der Waals surface area contributed by atoms with Crippen molar-refractivity contribution in [1.29, 1.82) is 0 Å². The van der Waals surface area contributed by atoms with Gasteiger partial charge >= 0.3 is 0 Å². The highest BCUT2D eigenvalue weighted by molar-refractivity contribution is 8.03. The van der Waals surface area contributed by atoms with Crippen LogP contribution in [0.4, 0.5) is 0 Å². The van der Waals surface area contributed by atoms with Gasteiger partial charge in [0.15, 0.2) is 8.68 Å². The molecule has 4 nitrogen and oxygen atoms in total. The first-order valence-corrected chi connectivity index (χ1v) is 7.21. The Kier molecular flexibility index (Phi) is 5.41. The molecule has 1 aromatic heterocycles. The number of amides is 1. The molecule has 84 valence electrons. The van der Waals surface area contributed by atoms with E-state index in [1.165, 1.54) is 11.8 Å². The first-order chi connectivity index (χ1) is 7.13. The maximum atomic E-state index is 11.3. The minimum atomic E-state index is 0.0971. The summed E-state index contributed by atoms with van der Waals surface area (Å²) in [6.07, 6.45) is 0. The molecule has 7 heteroatoms. The molecule has 0 aromatic carbocycles. The lowest BCUT2D eigenvalue weighted by Gasteiger charge is -2.07. The number of carbonyl (C=O) groups excluding carboxylic acids is 1. The average molecular weight is 263 g/mol. The van der Waals surface area contributed by atoms with Crippen LogP contribution in [0.25, 0.3) is 0 Å². The van der Waals surface area contributed by atoms with Gasteiger partial charge in [-0.2, -0.15) is 0 Å². The van der Waals surface area contributed by atoms with Gasteiger partial charge in [-0.1, -0.05) is 41.8 Å². The van der Waals surface area contributed by atoms with Crippen molar-refractivity contribution in [2.45, 2.75) is 15.6 Å². The van der Waals surface area contributed by atoms with E-state index < -0.39 is 0 Å². The van der Waals surface area contributed by atoms with E-state index in [2.05, 4.69) is 17.1 Å². The minimum absolute atomic E-state index is 0.0971. The van der Waals surface area contributed by atoms with Crippen molar-refractivity contribution in [1.82, 2.24) is 15.1 Å². The van der Waals surface area contributed by atoms with Gasteiger partial charge < -0.3 is 4.90 Å². The Labute approximate surface area is 102 Å². The van der Waals surface area contributed by atoms with E-state index in [4.69, 9.17) is 0 Å². The summed E-state index contributed by atoms with van der Waals surface area (Å²) in [7, 11) is 3.50. The van der Waals surface area contributed by atoms with Crippen LogP contribution in [0.5, 0.6) is 0 Å². The van der Waals surface area contributed by atoms with E-state index in [1.54, 1.807) is 42.1 Å². The Morgan fingerprint density at radius 2 is 1.93 bits per heavy atom. The lowest BCUT2D eigenvalue weighted by atomic mass is 10.6. The molecule has 0 spiro atoms. The van der Waals surface area contributed by atoms with E-state index >= 15 is 0 Å². The smallest absolute Gasteiger partial charge is 0.232 e. The molecule has 0 fully saturated rings. The molecular weight excluding hydrogens is 250 g/mol. The third-order valence-electron chi connectivity index (χ3n) is 1.47. The Morgan fingerprint density at radius 3 is 2.47 bits per heavy atom. The highest BCUT2D eigenvalue weighted by Gasteiger charge is 2.08. The SMILES string of the molecule is CCSc1nnc(SCC(=O)N(C)C)s1. The Hall–Kier alpha value is -0.270. The van der Waals surface area contributed by atoms with Crippen LogP contribution in [-0.2, 0) is 4.79 Å². The summed E-state index contributed by atoms with van der Waals surface area (Å²) in [4.78, 5) is 12.9. The fourth-order valence-corrected chi connectivity index (χ4v) is 3.59. The second-order valence-corrected chi connectivity index (χ2v) is 6.55. The van der Waals surface area contributed by atoms with Gasteiger partial charge in [-0.3, -0.25) is 4.79 Å². The predicted molar refractivity (Wildman–Crippen MR) is 65.7 cm³/mol. The second-order valence-electron chi connectivity index (χ2n) is 2.84. The molecule has 0 radical (unpaired) electrons. The van der Waals surface area contributed by atoms with E-state index in [0.717, 1.165) is 14.4 Å². The maximum Gasteiger partial charge on any atom is 0.232 e. The molecule has 0 N–H and O–H groups in total. The van der Waals surface area contributed by atoms with Crippen LogP contribution in [0.15, 0.2) is 8.68 Å². The highest BCUT2D eigenvalue weighted by atomic mass is 32.2. The number of rotatable bonds is 5. The number of carbonyl (C=O) groups is 1. The minimum Gasteiger partial charge on any atom is -0.348 e. The molecule has 0 aliphatic heterocycles. The van der Waals surface area contributed by atoms with Crippen molar-refractivity contribution in [3.05, 3.63) is 0 Å². The van der Waals surface area contributed by atoms with Crippen LogP contribution in [0.3, 0.4) is 0 Å². The third-order valence-corrected chi connectivity index (χ3v) is 4.53. The van der Waals surface area contributed by atoms with Crippen molar-refractivity contribution < 1.29 is 4.79 Å².